The number of nitrogens with two attached hydrogens (primary N) is 1. The summed E-state index contributed by atoms with van der Waals surface area (Å²) >= 11 is 3.08. The van der Waals surface area contributed by atoms with Gasteiger partial charge < -0.3 is 10.5 Å². The van der Waals surface area contributed by atoms with Gasteiger partial charge in [0, 0.05) is 18.0 Å². The SMILES string of the molecule is Nc1ccnc(COc2ccc(Br)c(F)c2)c1. The molecule has 1 heterocycles. The second-order valence-electron chi connectivity index (χ2n) is 3.45. The van der Waals surface area contributed by atoms with Gasteiger partial charge in [-0.15, -0.1) is 0 Å². The van der Waals surface area contributed by atoms with E-state index < -0.39 is 0 Å². The fourth-order valence-electron chi connectivity index (χ4n) is 1.30. The minimum Gasteiger partial charge on any atom is -0.487 e. The number of rotatable bonds is 3. The summed E-state index contributed by atoms with van der Waals surface area (Å²) in [6.45, 7) is 0.256. The molecule has 5 heteroatoms. The van der Waals surface area contributed by atoms with Crippen LogP contribution in [0.4, 0.5) is 10.1 Å². The van der Waals surface area contributed by atoms with Crippen LogP contribution in [0.25, 0.3) is 0 Å². The maximum atomic E-state index is 13.2. The summed E-state index contributed by atoms with van der Waals surface area (Å²) < 4.78 is 19.0. The summed E-state index contributed by atoms with van der Waals surface area (Å²) in [4.78, 5) is 4.09. The summed E-state index contributed by atoms with van der Waals surface area (Å²) in [5.74, 6) is 0.0953. The lowest BCUT2D eigenvalue weighted by molar-refractivity contribution is 0.299. The molecule has 88 valence electrons. The molecule has 0 saturated carbocycles. The van der Waals surface area contributed by atoms with E-state index in [0.717, 1.165) is 0 Å². The van der Waals surface area contributed by atoms with Crippen LogP contribution in [0.15, 0.2) is 41.0 Å². The average molecular weight is 297 g/mol. The second-order valence-corrected chi connectivity index (χ2v) is 4.30. The van der Waals surface area contributed by atoms with Crippen LogP contribution < -0.4 is 10.5 Å². The van der Waals surface area contributed by atoms with Crippen molar-refractivity contribution >= 4 is 21.6 Å². The quantitative estimate of drug-likeness (QED) is 0.946. The predicted octanol–water partition coefficient (Wildman–Crippen LogP) is 3.14. The van der Waals surface area contributed by atoms with Crippen LogP contribution in [-0.2, 0) is 6.61 Å². The highest BCUT2D eigenvalue weighted by Gasteiger charge is 2.02. The van der Waals surface area contributed by atoms with Crippen molar-refractivity contribution in [2.24, 2.45) is 0 Å². The van der Waals surface area contributed by atoms with Gasteiger partial charge in [0.1, 0.15) is 18.2 Å². The lowest BCUT2D eigenvalue weighted by Gasteiger charge is -2.06. The molecule has 0 radical (unpaired) electrons. The van der Waals surface area contributed by atoms with Gasteiger partial charge in [0.25, 0.3) is 0 Å². The number of nitrogen functional groups attached to an aromatic ring is 1. The summed E-state index contributed by atoms with van der Waals surface area (Å²) in [5, 5.41) is 0. The Labute approximate surface area is 107 Å². The van der Waals surface area contributed by atoms with Crippen LogP contribution in [-0.4, -0.2) is 4.98 Å². The molecule has 0 aliphatic rings. The van der Waals surface area contributed by atoms with E-state index in [1.54, 1.807) is 30.5 Å². The van der Waals surface area contributed by atoms with E-state index in [2.05, 4.69) is 20.9 Å². The minimum absolute atomic E-state index is 0.256. The first kappa shape index (κ1) is 11.9. The molecule has 0 saturated heterocycles. The van der Waals surface area contributed by atoms with Gasteiger partial charge >= 0.3 is 0 Å². The van der Waals surface area contributed by atoms with E-state index >= 15 is 0 Å². The van der Waals surface area contributed by atoms with Crippen molar-refractivity contribution in [3.8, 4) is 5.75 Å². The number of nitrogens with zero attached hydrogens (tertiary/aromatic N) is 1. The number of hydrogen-bond donors (Lipinski definition) is 1. The number of anilines is 1. The number of ether oxygens (including phenoxy) is 1. The van der Waals surface area contributed by atoms with E-state index in [1.807, 2.05) is 0 Å². The predicted molar refractivity (Wildman–Crippen MR) is 67.1 cm³/mol. The number of benzene rings is 1. The maximum absolute atomic E-state index is 13.2. The third kappa shape index (κ3) is 3.17. The molecule has 0 aliphatic carbocycles. The van der Waals surface area contributed by atoms with Crippen molar-refractivity contribution < 1.29 is 9.13 Å². The summed E-state index contributed by atoms with van der Waals surface area (Å²) in [5.41, 5.74) is 6.94. The minimum atomic E-state index is -0.358. The molecule has 0 fully saturated rings. The maximum Gasteiger partial charge on any atom is 0.141 e. The van der Waals surface area contributed by atoms with Crippen LogP contribution in [0, 0.1) is 5.82 Å². The Balaban J connectivity index is 2.05. The highest BCUT2D eigenvalue weighted by Crippen LogP contribution is 2.21. The topological polar surface area (TPSA) is 48.1 Å². The Morgan fingerprint density at radius 1 is 1.29 bits per heavy atom. The van der Waals surface area contributed by atoms with Crippen molar-refractivity contribution in [2.75, 3.05) is 5.73 Å². The Kier molecular flexibility index (Phi) is 3.58. The monoisotopic (exact) mass is 296 g/mol. The second kappa shape index (κ2) is 5.14. The first-order chi connectivity index (χ1) is 8.15. The van der Waals surface area contributed by atoms with Crippen LogP contribution in [0.3, 0.4) is 0 Å². The molecular formula is C12H10BrFN2O. The molecule has 0 spiro atoms. The highest BCUT2D eigenvalue weighted by atomic mass is 79.9. The standard InChI is InChI=1S/C12H10BrFN2O/c13-11-2-1-10(6-12(11)14)17-7-9-5-8(15)3-4-16-9/h1-6H,7H2,(H2,15,16). The smallest absolute Gasteiger partial charge is 0.141 e. The first-order valence-electron chi connectivity index (χ1n) is 4.93. The van der Waals surface area contributed by atoms with Crippen LogP contribution in [0.1, 0.15) is 5.69 Å². The Morgan fingerprint density at radius 2 is 2.12 bits per heavy atom. The molecule has 2 rings (SSSR count). The van der Waals surface area contributed by atoms with Crippen LogP contribution >= 0.6 is 15.9 Å². The molecule has 0 bridgehead atoms. The van der Waals surface area contributed by atoms with Gasteiger partial charge in [-0.05, 0) is 40.2 Å². The highest BCUT2D eigenvalue weighted by molar-refractivity contribution is 9.10. The van der Waals surface area contributed by atoms with Gasteiger partial charge in [-0.2, -0.15) is 0 Å². The van der Waals surface area contributed by atoms with Gasteiger partial charge in [0.2, 0.25) is 0 Å². The van der Waals surface area contributed by atoms with E-state index in [0.29, 0.717) is 21.6 Å². The molecule has 0 unspecified atom stereocenters. The zero-order valence-corrected chi connectivity index (χ0v) is 10.4. The van der Waals surface area contributed by atoms with Gasteiger partial charge in [-0.1, -0.05) is 0 Å². The molecular weight excluding hydrogens is 287 g/mol. The van der Waals surface area contributed by atoms with Crippen LogP contribution in [0.2, 0.25) is 0 Å². The molecule has 17 heavy (non-hydrogen) atoms. The van der Waals surface area contributed by atoms with E-state index in [1.165, 1.54) is 6.07 Å². The van der Waals surface area contributed by atoms with Gasteiger partial charge in [-0.3, -0.25) is 4.98 Å². The Morgan fingerprint density at radius 3 is 2.82 bits per heavy atom. The third-order valence-electron chi connectivity index (χ3n) is 2.12. The molecule has 2 N–H and O–H groups in total. The zero-order chi connectivity index (χ0) is 12.3. The van der Waals surface area contributed by atoms with E-state index in [-0.39, 0.29) is 12.4 Å². The fraction of sp³-hybridized carbons (Fsp3) is 0.0833. The molecule has 1 aromatic carbocycles. The van der Waals surface area contributed by atoms with Gasteiger partial charge in [-0.25, -0.2) is 4.39 Å². The summed E-state index contributed by atoms with van der Waals surface area (Å²) in [6, 6.07) is 8.01. The average Bonchev–Trinajstić information content (AvgIpc) is 2.31. The fourth-order valence-corrected chi connectivity index (χ4v) is 1.55. The summed E-state index contributed by atoms with van der Waals surface area (Å²) in [6.07, 6.45) is 1.61. The van der Waals surface area contributed by atoms with Crippen molar-refractivity contribution in [2.45, 2.75) is 6.61 Å². The molecule has 2 aromatic rings. The number of pyridine rings is 1. The lowest BCUT2D eigenvalue weighted by Crippen LogP contribution is -1.99. The van der Waals surface area contributed by atoms with E-state index in [9.17, 15) is 4.39 Å². The largest absolute Gasteiger partial charge is 0.487 e. The molecule has 0 aliphatic heterocycles. The number of hydrogen-bond acceptors (Lipinski definition) is 3. The Bertz CT molecular complexity index is 534. The first-order valence-corrected chi connectivity index (χ1v) is 5.73. The molecule has 0 amide bonds. The Hall–Kier alpha value is -1.62. The third-order valence-corrected chi connectivity index (χ3v) is 2.76. The molecule has 0 atom stereocenters. The van der Waals surface area contributed by atoms with Gasteiger partial charge in [0.15, 0.2) is 0 Å². The lowest BCUT2D eigenvalue weighted by atomic mass is 10.3. The normalized spacial score (nSPS) is 10.2. The van der Waals surface area contributed by atoms with Crippen molar-refractivity contribution in [1.82, 2.24) is 4.98 Å². The summed E-state index contributed by atoms with van der Waals surface area (Å²) in [7, 11) is 0. The van der Waals surface area contributed by atoms with Crippen molar-refractivity contribution in [3.05, 3.63) is 52.5 Å². The van der Waals surface area contributed by atoms with Crippen LogP contribution in [0.5, 0.6) is 5.75 Å². The number of halogens is 2. The zero-order valence-electron chi connectivity index (χ0n) is 8.86. The molecule has 3 nitrogen and oxygen atoms in total. The number of aromatic nitrogens is 1. The van der Waals surface area contributed by atoms with Gasteiger partial charge in [0.05, 0.1) is 10.2 Å². The molecule has 1 aromatic heterocycles. The van der Waals surface area contributed by atoms with Crippen molar-refractivity contribution in [1.29, 1.82) is 0 Å². The van der Waals surface area contributed by atoms with E-state index in [4.69, 9.17) is 10.5 Å². The van der Waals surface area contributed by atoms with Crippen molar-refractivity contribution in [3.63, 3.8) is 0 Å².